The molecule has 1 aliphatic rings. The van der Waals surface area contributed by atoms with Crippen molar-refractivity contribution in [3.8, 4) is 0 Å². The number of rotatable bonds is 7. The summed E-state index contributed by atoms with van der Waals surface area (Å²) in [6.45, 7) is 5.85. The van der Waals surface area contributed by atoms with E-state index in [4.69, 9.17) is 4.74 Å². The van der Waals surface area contributed by atoms with Crippen LogP contribution in [0.1, 0.15) is 52.4 Å². The number of nitrogens with one attached hydrogen (secondary N) is 2. The molecule has 6 heteroatoms. The minimum atomic E-state index is -0.133. The van der Waals surface area contributed by atoms with Gasteiger partial charge in [0.25, 0.3) is 0 Å². The van der Waals surface area contributed by atoms with Crippen LogP contribution in [0.4, 0.5) is 0 Å². The molecule has 0 radical (unpaired) electrons. The maximum atomic E-state index is 11.2. The van der Waals surface area contributed by atoms with Crippen molar-refractivity contribution in [1.29, 1.82) is 0 Å². The van der Waals surface area contributed by atoms with Crippen molar-refractivity contribution in [3.05, 3.63) is 0 Å². The standard InChI is InChI=1S/C14H27N3O2.HI/c1-3-15-14(17-12-8-5-6-9-12)16-11-7-10-13(18)19-4-2;/h12H,3-11H2,1-2H3,(H2,15,16,17);1H. The smallest absolute Gasteiger partial charge is 0.305 e. The van der Waals surface area contributed by atoms with Crippen LogP contribution in [0.3, 0.4) is 0 Å². The first-order valence-corrected chi connectivity index (χ1v) is 7.46. The molecule has 0 aromatic carbocycles. The number of hydrogen-bond donors (Lipinski definition) is 2. The second kappa shape index (κ2) is 12.2. The molecule has 5 nitrogen and oxygen atoms in total. The summed E-state index contributed by atoms with van der Waals surface area (Å²) in [5, 5.41) is 6.70. The zero-order valence-electron chi connectivity index (χ0n) is 12.6. The van der Waals surface area contributed by atoms with Crippen LogP contribution in [-0.2, 0) is 9.53 Å². The van der Waals surface area contributed by atoms with Gasteiger partial charge >= 0.3 is 5.97 Å². The van der Waals surface area contributed by atoms with Gasteiger partial charge in [-0.1, -0.05) is 12.8 Å². The number of nitrogens with zero attached hydrogens (tertiary/aromatic N) is 1. The Morgan fingerprint density at radius 2 is 2.00 bits per heavy atom. The third kappa shape index (κ3) is 8.60. The number of halogens is 1. The Labute approximate surface area is 139 Å². The maximum Gasteiger partial charge on any atom is 0.305 e. The van der Waals surface area contributed by atoms with Crippen LogP contribution in [0.2, 0.25) is 0 Å². The molecule has 0 unspecified atom stereocenters. The lowest BCUT2D eigenvalue weighted by molar-refractivity contribution is -0.143. The van der Waals surface area contributed by atoms with Gasteiger partial charge in [-0.05, 0) is 33.1 Å². The molecule has 1 fully saturated rings. The lowest BCUT2D eigenvalue weighted by atomic mass is 10.2. The topological polar surface area (TPSA) is 62.7 Å². The zero-order chi connectivity index (χ0) is 13.9. The molecule has 0 heterocycles. The summed E-state index contributed by atoms with van der Waals surface area (Å²) in [6.07, 6.45) is 6.25. The molecule has 118 valence electrons. The molecule has 1 aliphatic carbocycles. The second-order valence-electron chi connectivity index (χ2n) is 4.79. The van der Waals surface area contributed by atoms with Crippen molar-refractivity contribution < 1.29 is 9.53 Å². The highest BCUT2D eigenvalue weighted by atomic mass is 127. The van der Waals surface area contributed by atoms with E-state index >= 15 is 0 Å². The van der Waals surface area contributed by atoms with Gasteiger partial charge < -0.3 is 15.4 Å². The highest BCUT2D eigenvalue weighted by Crippen LogP contribution is 2.17. The lowest BCUT2D eigenvalue weighted by Crippen LogP contribution is -2.42. The number of aliphatic imine (C=N–C) groups is 1. The normalized spacial score (nSPS) is 15.6. The van der Waals surface area contributed by atoms with Gasteiger partial charge in [0.2, 0.25) is 0 Å². The molecule has 0 aromatic rings. The molecule has 0 amide bonds. The SMILES string of the molecule is CCNC(=NCCCC(=O)OCC)NC1CCCC1.I. The zero-order valence-corrected chi connectivity index (χ0v) is 14.9. The van der Waals surface area contributed by atoms with E-state index in [2.05, 4.69) is 22.5 Å². The highest BCUT2D eigenvalue weighted by molar-refractivity contribution is 14.0. The van der Waals surface area contributed by atoms with Crippen molar-refractivity contribution in [2.45, 2.75) is 58.4 Å². The Bertz CT molecular complexity index is 292. The Balaban J connectivity index is 0.00000361. The van der Waals surface area contributed by atoms with Gasteiger partial charge in [0.1, 0.15) is 0 Å². The summed E-state index contributed by atoms with van der Waals surface area (Å²) in [5.41, 5.74) is 0. The molecule has 1 rings (SSSR count). The summed E-state index contributed by atoms with van der Waals surface area (Å²) in [4.78, 5) is 15.7. The molecule has 0 spiro atoms. The first-order chi connectivity index (χ1) is 9.26. The van der Waals surface area contributed by atoms with Gasteiger partial charge in [0.15, 0.2) is 5.96 Å². The molecule has 0 aromatic heterocycles. The van der Waals surface area contributed by atoms with Crippen molar-refractivity contribution in [1.82, 2.24) is 10.6 Å². The monoisotopic (exact) mass is 397 g/mol. The van der Waals surface area contributed by atoms with Crippen molar-refractivity contribution in [2.24, 2.45) is 4.99 Å². The van der Waals surface area contributed by atoms with Gasteiger partial charge in [0.05, 0.1) is 6.61 Å². The third-order valence-electron chi connectivity index (χ3n) is 3.15. The Morgan fingerprint density at radius 3 is 2.60 bits per heavy atom. The summed E-state index contributed by atoms with van der Waals surface area (Å²) in [7, 11) is 0. The predicted molar refractivity (Wildman–Crippen MR) is 92.7 cm³/mol. The van der Waals surface area contributed by atoms with E-state index in [9.17, 15) is 4.79 Å². The van der Waals surface area contributed by atoms with E-state index < -0.39 is 0 Å². The van der Waals surface area contributed by atoms with Crippen LogP contribution < -0.4 is 10.6 Å². The van der Waals surface area contributed by atoms with E-state index in [1.807, 2.05) is 6.92 Å². The number of ether oxygens (including phenoxy) is 1. The Hall–Kier alpha value is -0.530. The summed E-state index contributed by atoms with van der Waals surface area (Å²) < 4.78 is 4.89. The number of carbonyl (C=O) groups is 1. The van der Waals surface area contributed by atoms with Crippen LogP contribution in [0.5, 0.6) is 0 Å². The predicted octanol–water partition coefficient (Wildman–Crippen LogP) is 2.45. The van der Waals surface area contributed by atoms with E-state index in [1.165, 1.54) is 25.7 Å². The Morgan fingerprint density at radius 1 is 1.30 bits per heavy atom. The fraction of sp³-hybridized carbons (Fsp3) is 0.857. The molecule has 1 saturated carbocycles. The number of hydrogen-bond acceptors (Lipinski definition) is 3. The molecular weight excluding hydrogens is 369 g/mol. The van der Waals surface area contributed by atoms with Crippen LogP contribution in [0.25, 0.3) is 0 Å². The minimum Gasteiger partial charge on any atom is -0.466 e. The van der Waals surface area contributed by atoms with Crippen molar-refractivity contribution in [2.75, 3.05) is 19.7 Å². The maximum absolute atomic E-state index is 11.2. The average Bonchev–Trinajstić information content (AvgIpc) is 2.88. The molecular formula is C14H28IN3O2. The van der Waals surface area contributed by atoms with Gasteiger partial charge in [-0.25, -0.2) is 0 Å². The van der Waals surface area contributed by atoms with Gasteiger partial charge in [0, 0.05) is 25.6 Å². The number of esters is 1. The van der Waals surface area contributed by atoms with E-state index in [0.29, 0.717) is 25.6 Å². The Kier molecular flexibility index (Phi) is 11.9. The fourth-order valence-corrected chi connectivity index (χ4v) is 2.23. The van der Waals surface area contributed by atoms with Crippen LogP contribution in [0, 0.1) is 0 Å². The lowest BCUT2D eigenvalue weighted by Gasteiger charge is -2.16. The summed E-state index contributed by atoms with van der Waals surface area (Å²) >= 11 is 0. The van der Waals surface area contributed by atoms with Crippen LogP contribution >= 0.6 is 24.0 Å². The molecule has 0 aliphatic heterocycles. The molecule has 0 saturated heterocycles. The third-order valence-corrected chi connectivity index (χ3v) is 3.15. The number of guanidine groups is 1. The van der Waals surface area contributed by atoms with Crippen LogP contribution in [-0.4, -0.2) is 37.7 Å². The van der Waals surface area contributed by atoms with E-state index in [0.717, 1.165) is 18.9 Å². The number of carbonyl (C=O) groups excluding carboxylic acids is 1. The van der Waals surface area contributed by atoms with Gasteiger partial charge in [-0.2, -0.15) is 0 Å². The first-order valence-electron chi connectivity index (χ1n) is 7.46. The molecule has 2 N–H and O–H groups in total. The fourth-order valence-electron chi connectivity index (χ4n) is 2.23. The largest absolute Gasteiger partial charge is 0.466 e. The highest BCUT2D eigenvalue weighted by Gasteiger charge is 2.15. The molecule has 0 bridgehead atoms. The van der Waals surface area contributed by atoms with Crippen LogP contribution in [0.15, 0.2) is 4.99 Å². The second-order valence-corrected chi connectivity index (χ2v) is 4.79. The minimum absolute atomic E-state index is 0. The average molecular weight is 397 g/mol. The quantitative estimate of drug-likeness (QED) is 0.228. The van der Waals surface area contributed by atoms with E-state index in [1.54, 1.807) is 0 Å². The van der Waals surface area contributed by atoms with Gasteiger partial charge in [-0.15, -0.1) is 24.0 Å². The van der Waals surface area contributed by atoms with Crippen molar-refractivity contribution in [3.63, 3.8) is 0 Å². The summed E-state index contributed by atoms with van der Waals surface area (Å²) in [5.74, 6) is 0.740. The molecule has 0 atom stereocenters. The van der Waals surface area contributed by atoms with Crippen molar-refractivity contribution >= 4 is 35.9 Å². The van der Waals surface area contributed by atoms with Gasteiger partial charge in [-0.3, -0.25) is 9.79 Å². The summed E-state index contributed by atoms with van der Waals surface area (Å²) in [6, 6.07) is 0.558. The molecule has 20 heavy (non-hydrogen) atoms. The van der Waals surface area contributed by atoms with E-state index in [-0.39, 0.29) is 29.9 Å². The first kappa shape index (κ1) is 19.5.